The van der Waals surface area contributed by atoms with Crippen molar-refractivity contribution < 1.29 is 5.11 Å². The van der Waals surface area contributed by atoms with Gasteiger partial charge < -0.3 is 5.11 Å². The summed E-state index contributed by atoms with van der Waals surface area (Å²) < 4.78 is 0. The van der Waals surface area contributed by atoms with Gasteiger partial charge in [0.25, 0.3) is 0 Å². The molecule has 0 bridgehead atoms. The maximum Gasteiger partial charge on any atom is 0.128 e. The van der Waals surface area contributed by atoms with E-state index in [1.165, 1.54) is 0 Å². The Labute approximate surface area is 183 Å². The van der Waals surface area contributed by atoms with Crippen LogP contribution >= 0.6 is 12.4 Å². The molecule has 0 unspecified atom stereocenters. The van der Waals surface area contributed by atoms with Crippen molar-refractivity contribution in [3.8, 4) is 5.75 Å². The highest BCUT2D eigenvalue weighted by molar-refractivity contribution is 5.98. The maximum absolute atomic E-state index is 10.8. The standard InChI is InChI=1S/C25H25N3O.ClH/c1-3-28(4-2)17-19-16-24(21-13-7-8-14-22(21)25(19)29)27-26-23-15-9-11-18-10-5-6-12-20(18)23;/h5-16,29H,3-4,17H2,1-2H3;1H. The highest BCUT2D eigenvalue weighted by atomic mass is 35.5. The highest BCUT2D eigenvalue weighted by Crippen LogP contribution is 2.38. The van der Waals surface area contributed by atoms with Crippen molar-refractivity contribution >= 4 is 45.3 Å². The van der Waals surface area contributed by atoms with Crippen molar-refractivity contribution in [1.82, 2.24) is 4.90 Å². The van der Waals surface area contributed by atoms with Gasteiger partial charge in [0.1, 0.15) is 5.75 Å². The molecule has 0 aliphatic heterocycles. The van der Waals surface area contributed by atoms with Crippen LogP contribution in [-0.4, -0.2) is 23.1 Å². The number of benzene rings is 4. The Kier molecular flexibility index (Phi) is 7.03. The Morgan fingerprint density at radius 1 is 0.733 bits per heavy atom. The summed E-state index contributed by atoms with van der Waals surface area (Å²) in [7, 11) is 0. The van der Waals surface area contributed by atoms with Crippen molar-refractivity contribution in [3.05, 3.63) is 78.4 Å². The Balaban J connectivity index is 0.00000256. The summed E-state index contributed by atoms with van der Waals surface area (Å²) in [6.45, 7) is 6.79. The Morgan fingerprint density at radius 2 is 1.33 bits per heavy atom. The number of halogens is 1. The third kappa shape index (κ3) is 4.30. The van der Waals surface area contributed by atoms with Gasteiger partial charge in [-0.2, -0.15) is 0 Å². The molecule has 4 rings (SSSR count). The minimum absolute atomic E-state index is 0. The zero-order valence-corrected chi connectivity index (χ0v) is 18.1. The fraction of sp³-hybridized carbons (Fsp3) is 0.200. The Bertz CT molecular complexity index is 1180. The minimum Gasteiger partial charge on any atom is -0.507 e. The summed E-state index contributed by atoms with van der Waals surface area (Å²) >= 11 is 0. The van der Waals surface area contributed by atoms with Crippen molar-refractivity contribution in [2.24, 2.45) is 10.2 Å². The molecular formula is C25H26ClN3O. The van der Waals surface area contributed by atoms with Crippen LogP contribution in [-0.2, 0) is 6.54 Å². The normalized spacial score (nSPS) is 11.4. The number of phenolic OH excluding ortho intramolecular Hbond substituents is 1. The van der Waals surface area contributed by atoms with Crippen molar-refractivity contribution in [2.75, 3.05) is 13.1 Å². The smallest absolute Gasteiger partial charge is 0.128 e. The van der Waals surface area contributed by atoms with Crippen molar-refractivity contribution in [3.63, 3.8) is 0 Å². The summed E-state index contributed by atoms with van der Waals surface area (Å²) in [6.07, 6.45) is 0. The summed E-state index contributed by atoms with van der Waals surface area (Å²) in [4.78, 5) is 2.27. The summed E-state index contributed by atoms with van der Waals surface area (Å²) in [6, 6.07) is 24.0. The molecule has 0 amide bonds. The number of hydrogen-bond donors (Lipinski definition) is 1. The Morgan fingerprint density at radius 3 is 2.07 bits per heavy atom. The number of fused-ring (bicyclic) bond motifs is 2. The van der Waals surface area contributed by atoms with E-state index >= 15 is 0 Å². The molecule has 0 heterocycles. The fourth-order valence-corrected chi connectivity index (χ4v) is 3.69. The van der Waals surface area contributed by atoms with Gasteiger partial charge in [-0.05, 0) is 30.6 Å². The van der Waals surface area contributed by atoms with Gasteiger partial charge in [0.05, 0.1) is 11.4 Å². The lowest BCUT2D eigenvalue weighted by Gasteiger charge is -2.19. The van der Waals surface area contributed by atoms with Crippen LogP contribution in [0.1, 0.15) is 19.4 Å². The molecule has 0 fully saturated rings. The van der Waals surface area contributed by atoms with Crippen LogP contribution < -0.4 is 0 Å². The van der Waals surface area contributed by atoms with Gasteiger partial charge in [-0.15, -0.1) is 22.6 Å². The molecule has 0 aliphatic rings. The molecule has 0 saturated carbocycles. The molecular weight excluding hydrogens is 394 g/mol. The van der Waals surface area contributed by atoms with E-state index in [0.29, 0.717) is 12.3 Å². The van der Waals surface area contributed by atoms with Gasteiger partial charge in [0, 0.05) is 28.3 Å². The lowest BCUT2D eigenvalue weighted by molar-refractivity contribution is 0.291. The quantitative estimate of drug-likeness (QED) is 0.331. The van der Waals surface area contributed by atoms with Crippen LogP contribution in [0.2, 0.25) is 0 Å². The first-order chi connectivity index (χ1) is 14.2. The predicted molar refractivity (Wildman–Crippen MR) is 128 cm³/mol. The first-order valence-corrected chi connectivity index (χ1v) is 10.1. The van der Waals surface area contributed by atoms with E-state index in [-0.39, 0.29) is 12.4 Å². The molecule has 154 valence electrons. The van der Waals surface area contributed by atoms with Gasteiger partial charge in [0.2, 0.25) is 0 Å². The van der Waals surface area contributed by atoms with E-state index in [1.54, 1.807) is 0 Å². The van der Waals surface area contributed by atoms with Crippen LogP contribution in [0.5, 0.6) is 5.75 Å². The second-order valence-electron chi connectivity index (χ2n) is 7.11. The maximum atomic E-state index is 10.8. The molecule has 1 N–H and O–H groups in total. The van der Waals surface area contributed by atoms with Gasteiger partial charge in [-0.3, -0.25) is 4.90 Å². The van der Waals surface area contributed by atoms with E-state index in [4.69, 9.17) is 0 Å². The van der Waals surface area contributed by atoms with Gasteiger partial charge in [-0.1, -0.05) is 74.5 Å². The Hall–Kier alpha value is -2.95. The summed E-state index contributed by atoms with van der Waals surface area (Å²) in [5, 5.41) is 24.0. The number of nitrogens with zero attached hydrogens (tertiary/aromatic N) is 3. The average molecular weight is 420 g/mol. The molecule has 4 nitrogen and oxygen atoms in total. The van der Waals surface area contributed by atoms with E-state index in [9.17, 15) is 5.11 Å². The van der Waals surface area contributed by atoms with Gasteiger partial charge in [0.15, 0.2) is 0 Å². The van der Waals surface area contributed by atoms with Crippen LogP contribution in [0, 0.1) is 0 Å². The molecule has 4 aromatic carbocycles. The molecule has 4 aromatic rings. The van der Waals surface area contributed by atoms with Crippen molar-refractivity contribution in [2.45, 2.75) is 20.4 Å². The second-order valence-corrected chi connectivity index (χ2v) is 7.11. The second kappa shape index (κ2) is 9.70. The van der Waals surface area contributed by atoms with Gasteiger partial charge in [-0.25, -0.2) is 0 Å². The SMILES string of the molecule is CCN(CC)Cc1cc(N=Nc2cccc3ccccc23)c2ccccc2c1O.Cl. The first-order valence-electron chi connectivity index (χ1n) is 10.1. The van der Waals surface area contributed by atoms with Crippen LogP contribution in [0.4, 0.5) is 11.4 Å². The number of hydrogen-bond acceptors (Lipinski definition) is 4. The van der Waals surface area contributed by atoms with E-state index in [1.807, 2.05) is 54.6 Å². The number of aromatic hydroxyl groups is 1. The number of rotatable bonds is 6. The molecule has 0 radical (unpaired) electrons. The molecule has 0 atom stereocenters. The van der Waals surface area contributed by atoms with E-state index in [0.717, 1.165) is 51.6 Å². The third-order valence-electron chi connectivity index (χ3n) is 5.39. The minimum atomic E-state index is 0. The molecule has 5 heteroatoms. The lowest BCUT2D eigenvalue weighted by Crippen LogP contribution is -2.22. The molecule has 30 heavy (non-hydrogen) atoms. The first kappa shape index (κ1) is 21.8. The van der Waals surface area contributed by atoms with E-state index < -0.39 is 0 Å². The molecule has 0 saturated heterocycles. The lowest BCUT2D eigenvalue weighted by atomic mass is 10.0. The van der Waals surface area contributed by atoms with Crippen LogP contribution in [0.3, 0.4) is 0 Å². The molecule has 0 aliphatic carbocycles. The zero-order valence-electron chi connectivity index (χ0n) is 17.2. The van der Waals surface area contributed by atoms with E-state index in [2.05, 4.69) is 47.2 Å². The third-order valence-corrected chi connectivity index (χ3v) is 5.39. The fourth-order valence-electron chi connectivity index (χ4n) is 3.69. The van der Waals surface area contributed by atoms with Crippen molar-refractivity contribution in [1.29, 1.82) is 0 Å². The average Bonchev–Trinajstić information content (AvgIpc) is 2.78. The number of azo groups is 1. The summed E-state index contributed by atoms with van der Waals surface area (Å²) in [5.74, 6) is 0.330. The van der Waals surface area contributed by atoms with Crippen LogP contribution in [0.15, 0.2) is 83.0 Å². The number of phenols is 1. The molecule has 0 aromatic heterocycles. The van der Waals surface area contributed by atoms with Crippen LogP contribution in [0.25, 0.3) is 21.5 Å². The topological polar surface area (TPSA) is 48.2 Å². The molecule has 0 spiro atoms. The summed E-state index contributed by atoms with van der Waals surface area (Å²) in [5.41, 5.74) is 2.48. The zero-order chi connectivity index (χ0) is 20.2. The predicted octanol–water partition coefficient (Wildman–Crippen LogP) is 7.38. The highest BCUT2D eigenvalue weighted by Gasteiger charge is 2.13. The van der Waals surface area contributed by atoms with Gasteiger partial charge >= 0.3 is 0 Å². The monoisotopic (exact) mass is 419 g/mol. The largest absolute Gasteiger partial charge is 0.507 e.